The summed E-state index contributed by atoms with van der Waals surface area (Å²) in [5.41, 5.74) is -0.164. The van der Waals surface area contributed by atoms with Crippen LogP contribution in [0.25, 0.3) is 0 Å². The largest absolute Gasteiger partial charge is 0.419 e. The van der Waals surface area contributed by atoms with Crippen molar-refractivity contribution >= 4 is 0 Å². The summed E-state index contributed by atoms with van der Waals surface area (Å²) in [6.45, 7) is 1.72. The fourth-order valence-corrected chi connectivity index (χ4v) is 1.87. The molecule has 0 aliphatic rings. The zero-order valence-electron chi connectivity index (χ0n) is 10.4. The van der Waals surface area contributed by atoms with Crippen molar-refractivity contribution in [2.45, 2.75) is 19.2 Å². The minimum absolute atomic E-state index is 0.0478. The van der Waals surface area contributed by atoms with E-state index in [0.29, 0.717) is 23.3 Å². The summed E-state index contributed by atoms with van der Waals surface area (Å²) in [7, 11) is 0. The normalized spacial score (nSPS) is 13.3. The van der Waals surface area contributed by atoms with Crippen LogP contribution in [0.4, 0.5) is 17.6 Å². The van der Waals surface area contributed by atoms with Gasteiger partial charge in [0.25, 0.3) is 0 Å². The lowest BCUT2D eigenvalue weighted by molar-refractivity contribution is -0.140. The summed E-state index contributed by atoms with van der Waals surface area (Å²) >= 11 is 0. The number of aliphatic hydroxyl groups is 1. The quantitative estimate of drug-likeness (QED) is 0.855. The molecule has 1 N–H and O–H groups in total. The Morgan fingerprint density at radius 3 is 2.45 bits per heavy atom. The average Bonchev–Trinajstić information content (AvgIpc) is 2.37. The van der Waals surface area contributed by atoms with Gasteiger partial charge in [0.05, 0.1) is 5.56 Å². The third-order valence-corrected chi connectivity index (χ3v) is 2.99. The minimum Gasteiger partial charge on any atom is -0.384 e. The molecule has 0 saturated heterocycles. The summed E-state index contributed by atoms with van der Waals surface area (Å²) in [5, 5.41) is 10.1. The van der Waals surface area contributed by atoms with E-state index in [1.165, 1.54) is 12.4 Å². The van der Waals surface area contributed by atoms with E-state index < -0.39 is 23.7 Å². The monoisotopic (exact) mass is 285 g/mol. The number of halogens is 4. The zero-order chi connectivity index (χ0) is 14.9. The van der Waals surface area contributed by atoms with Crippen LogP contribution in [-0.2, 0) is 6.18 Å². The van der Waals surface area contributed by atoms with Crippen molar-refractivity contribution in [3.63, 3.8) is 0 Å². The van der Waals surface area contributed by atoms with Gasteiger partial charge < -0.3 is 5.11 Å². The maximum absolute atomic E-state index is 13.5. The standard InChI is InChI=1S/C14H11F4NO/c1-8-4-5-19-7-10(8)13(20)9-2-3-11(12(15)6-9)14(16,17)18/h2-7,13,20H,1H3. The molecule has 0 fully saturated rings. The summed E-state index contributed by atoms with van der Waals surface area (Å²) in [5.74, 6) is -1.41. The molecule has 0 spiro atoms. The molecule has 0 saturated carbocycles. The van der Waals surface area contributed by atoms with Crippen LogP contribution in [0.1, 0.15) is 28.4 Å². The number of aromatic nitrogens is 1. The van der Waals surface area contributed by atoms with Crippen LogP contribution in [0.5, 0.6) is 0 Å². The molecule has 0 bridgehead atoms. The van der Waals surface area contributed by atoms with Crippen molar-refractivity contribution in [2.75, 3.05) is 0 Å². The highest BCUT2D eigenvalue weighted by molar-refractivity contribution is 5.35. The van der Waals surface area contributed by atoms with Crippen LogP contribution in [0.3, 0.4) is 0 Å². The van der Waals surface area contributed by atoms with Gasteiger partial charge in [0.1, 0.15) is 11.9 Å². The molecule has 1 atom stereocenters. The number of rotatable bonds is 2. The van der Waals surface area contributed by atoms with E-state index in [1.807, 2.05) is 0 Å². The molecular weight excluding hydrogens is 274 g/mol. The van der Waals surface area contributed by atoms with Crippen LogP contribution in [0.2, 0.25) is 0 Å². The first kappa shape index (κ1) is 14.5. The second-order valence-corrected chi connectivity index (χ2v) is 4.37. The summed E-state index contributed by atoms with van der Waals surface area (Å²) in [6.07, 6.45) is -3.05. The summed E-state index contributed by atoms with van der Waals surface area (Å²) in [6, 6.07) is 4.03. The highest BCUT2D eigenvalue weighted by atomic mass is 19.4. The van der Waals surface area contributed by atoms with E-state index >= 15 is 0 Å². The smallest absolute Gasteiger partial charge is 0.384 e. The van der Waals surface area contributed by atoms with Crippen molar-refractivity contribution < 1.29 is 22.7 Å². The first-order valence-corrected chi connectivity index (χ1v) is 5.76. The Morgan fingerprint density at radius 1 is 1.20 bits per heavy atom. The number of aryl methyl sites for hydroxylation is 1. The van der Waals surface area contributed by atoms with Crippen molar-refractivity contribution in [2.24, 2.45) is 0 Å². The van der Waals surface area contributed by atoms with Gasteiger partial charge in [-0.2, -0.15) is 13.2 Å². The SMILES string of the molecule is Cc1ccncc1C(O)c1ccc(C(F)(F)F)c(F)c1. The van der Waals surface area contributed by atoms with Gasteiger partial charge in [0.2, 0.25) is 0 Å². The van der Waals surface area contributed by atoms with Gasteiger partial charge in [-0.1, -0.05) is 6.07 Å². The maximum atomic E-state index is 13.5. The number of pyridine rings is 1. The van der Waals surface area contributed by atoms with E-state index in [1.54, 1.807) is 13.0 Å². The molecule has 2 rings (SSSR count). The van der Waals surface area contributed by atoms with E-state index in [2.05, 4.69) is 4.98 Å². The van der Waals surface area contributed by atoms with Gasteiger partial charge in [0, 0.05) is 18.0 Å². The third-order valence-electron chi connectivity index (χ3n) is 2.99. The lowest BCUT2D eigenvalue weighted by Gasteiger charge is -2.15. The fourth-order valence-electron chi connectivity index (χ4n) is 1.87. The number of aliphatic hydroxyl groups excluding tert-OH is 1. The lowest BCUT2D eigenvalue weighted by Crippen LogP contribution is -2.10. The van der Waals surface area contributed by atoms with Crippen molar-refractivity contribution in [3.8, 4) is 0 Å². The predicted octanol–water partition coefficient (Wildman–Crippen LogP) is 3.63. The molecule has 1 unspecified atom stereocenters. The molecule has 1 heterocycles. The van der Waals surface area contributed by atoms with Gasteiger partial charge in [0.15, 0.2) is 0 Å². The fraction of sp³-hybridized carbons (Fsp3) is 0.214. The number of benzene rings is 1. The highest BCUT2D eigenvalue weighted by Crippen LogP contribution is 2.33. The summed E-state index contributed by atoms with van der Waals surface area (Å²) < 4.78 is 50.8. The Morgan fingerprint density at radius 2 is 1.90 bits per heavy atom. The molecule has 0 radical (unpaired) electrons. The van der Waals surface area contributed by atoms with Gasteiger partial charge in [-0.3, -0.25) is 4.98 Å². The van der Waals surface area contributed by atoms with Crippen LogP contribution in [0, 0.1) is 12.7 Å². The van der Waals surface area contributed by atoms with Gasteiger partial charge in [-0.05, 0) is 36.2 Å². The third kappa shape index (κ3) is 2.80. The molecular formula is C14H11F4NO. The van der Waals surface area contributed by atoms with Crippen molar-refractivity contribution in [1.29, 1.82) is 0 Å². The Balaban J connectivity index is 2.40. The molecule has 1 aromatic carbocycles. The topological polar surface area (TPSA) is 33.1 Å². The van der Waals surface area contributed by atoms with Crippen LogP contribution < -0.4 is 0 Å². The summed E-state index contributed by atoms with van der Waals surface area (Å²) in [4.78, 5) is 3.84. The van der Waals surface area contributed by atoms with Crippen molar-refractivity contribution in [1.82, 2.24) is 4.98 Å². The van der Waals surface area contributed by atoms with Crippen LogP contribution >= 0.6 is 0 Å². The van der Waals surface area contributed by atoms with Crippen molar-refractivity contribution in [3.05, 3.63) is 64.7 Å². The maximum Gasteiger partial charge on any atom is 0.419 e. The molecule has 0 aliphatic carbocycles. The first-order chi connectivity index (χ1) is 9.30. The number of hydrogen-bond donors (Lipinski definition) is 1. The Labute approximate surface area is 112 Å². The average molecular weight is 285 g/mol. The predicted molar refractivity (Wildman–Crippen MR) is 64.4 cm³/mol. The molecule has 1 aromatic heterocycles. The Hall–Kier alpha value is -1.95. The second kappa shape index (κ2) is 5.20. The highest BCUT2D eigenvalue weighted by Gasteiger charge is 2.34. The zero-order valence-corrected chi connectivity index (χ0v) is 10.4. The van der Waals surface area contributed by atoms with Gasteiger partial charge in [-0.25, -0.2) is 4.39 Å². The van der Waals surface area contributed by atoms with Crippen LogP contribution in [-0.4, -0.2) is 10.1 Å². The molecule has 106 valence electrons. The Bertz CT molecular complexity index is 625. The van der Waals surface area contributed by atoms with Gasteiger partial charge in [-0.15, -0.1) is 0 Å². The number of hydrogen-bond acceptors (Lipinski definition) is 2. The Kier molecular flexibility index (Phi) is 3.76. The first-order valence-electron chi connectivity index (χ1n) is 5.76. The van der Waals surface area contributed by atoms with E-state index in [9.17, 15) is 22.7 Å². The molecule has 0 amide bonds. The number of nitrogens with zero attached hydrogens (tertiary/aromatic N) is 1. The van der Waals surface area contributed by atoms with Crippen LogP contribution in [0.15, 0.2) is 36.7 Å². The minimum atomic E-state index is -4.75. The van der Waals surface area contributed by atoms with E-state index in [-0.39, 0.29) is 5.56 Å². The number of alkyl halides is 3. The molecule has 0 aliphatic heterocycles. The molecule has 20 heavy (non-hydrogen) atoms. The molecule has 6 heteroatoms. The van der Waals surface area contributed by atoms with E-state index in [0.717, 1.165) is 6.07 Å². The second-order valence-electron chi connectivity index (χ2n) is 4.37. The lowest BCUT2D eigenvalue weighted by atomic mass is 9.98. The van der Waals surface area contributed by atoms with Gasteiger partial charge >= 0.3 is 6.18 Å². The van der Waals surface area contributed by atoms with E-state index in [4.69, 9.17) is 0 Å². The molecule has 2 nitrogen and oxygen atoms in total. The molecule has 2 aromatic rings.